The van der Waals surface area contributed by atoms with Crippen molar-refractivity contribution in [3.8, 4) is 0 Å². The molecule has 0 bridgehead atoms. The van der Waals surface area contributed by atoms with E-state index in [0.29, 0.717) is 18.9 Å². The van der Waals surface area contributed by atoms with Crippen molar-refractivity contribution in [2.45, 2.75) is 25.9 Å². The second-order valence-corrected chi connectivity index (χ2v) is 5.16. The van der Waals surface area contributed by atoms with E-state index < -0.39 is 11.9 Å². The number of nitrogens with one attached hydrogen (secondary N) is 1. The normalized spacial score (nSPS) is 24.7. The van der Waals surface area contributed by atoms with Crippen molar-refractivity contribution in [3.63, 3.8) is 0 Å². The summed E-state index contributed by atoms with van der Waals surface area (Å²) in [6.07, 6.45) is 1.60. The van der Waals surface area contributed by atoms with E-state index in [0.717, 1.165) is 12.8 Å². The molecule has 4 N–H and O–H groups in total. The Labute approximate surface area is 104 Å². The number of nitrogen functional groups attached to an aromatic ring is 1. The van der Waals surface area contributed by atoms with Crippen molar-refractivity contribution in [1.82, 2.24) is 9.97 Å². The first-order chi connectivity index (χ1) is 8.55. The number of hydrazine groups is 1. The van der Waals surface area contributed by atoms with Crippen LogP contribution in [0.3, 0.4) is 0 Å². The number of aryl methyl sites for hydroxylation is 1. The SMILES string of the molecule is Cc1nc(NN)c(F)c(N2CC(O)C3(CC3)C2)n1. The highest BCUT2D eigenvalue weighted by atomic mass is 19.1. The largest absolute Gasteiger partial charge is 0.391 e. The minimum atomic E-state index is -0.562. The van der Waals surface area contributed by atoms with Crippen molar-refractivity contribution in [2.75, 3.05) is 23.4 Å². The highest BCUT2D eigenvalue weighted by molar-refractivity contribution is 5.52. The van der Waals surface area contributed by atoms with E-state index in [4.69, 9.17) is 5.84 Å². The molecule has 18 heavy (non-hydrogen) atoms. The van der Waals surface area contributed by atoms with Gasteiger partial charge in [0.2, 0.25) is 5.82 Å². The molecule has 3 rings (SSSR count). The molecule has 7 heteroatoms. The van der Waals surface area contributed by atoms with Crippen LogP contribution in [0.2, 0.25) is 0 Å². The number of β-amino-alcohol motifs (C(OH)–C–C–N with tert-alkyl or cyclic N) is 1. The van der Waals surface area contributed by atoms with Gasteiger partial charge >= 0.3 is 0 Å². The Kier molecular flexibility index (Phi) is 2.43. The summed E-state index contributed by atoms with van der Waals surface area (Å²) in [6, 6.07) is 0. The second kappa shape index (κ2) is 3.76. The van der Waals surface area contributed by atoms with Crippen LogP contribution >= 0.6 is 0 Å². The Morgan fingerprint density at radius 2 is 2.22 bits per heavy atom. The Morgan fingerprint density at radius 1 is 1.50 bits per heavy atom. The topological polar surface area (TPSA) is 87.3 Å². The Balaban J connectivity index is 1.95. The minimum Gasteiger partial charge on any atom is -0.391 e. The number of aliphatic hydroxyl groups excluding tert-OH is 1. The van der Waals surface area contributed by atoms with Gasteiger partial charge in [0.15, 0.2) is 11.6 Å². The van der Waals surface area contributed by atoms with Crippen LogP contribution < -0.4 is 16.2 Å². The first kappa shape index (κ1) is 11.6. The lowest BCUT2D eigenvalue weighted by Gasteiger charge is -2.19. The maximum atomic E-state index is 14.1. The summed E-state index contributed by atoms with van der Waals surface area (Å²) in [5.41, 5.74) is 2.19. The van der Waals surface area contributed by atoms with E-state index >= 15 is 0 Å². The maximum Gasteiger partial charge on any atom is 0.209 e. The average molecular weight is 253 g/mol. The molecule has 0 amide bonds. The first-order valence-corrected chi connectivity index (χ1v) is 5.99. The van der Waals surface area contributed by atoms with Gasteiger partial charge in [-0.3, -0.25) is 0 Å². The smallest absolute Gasteiger partial charge is 0.209 e. The summed E-state index contributed by atoms with van der Waals surface area (Å²) < 4.78 is 14.1. The van der Waals surface area contributed by atoms with E-state index in [1.165, 1.54) is 0 Å². The molecule has 2 fully saturated rings. The van der Waals surface area contributed by atoms with Crippen LogP contribution in [-0.2, 0) is 0 Å². The van der Waals surface area contributed by atoms with Gasteiger partial charge in [-0.25, -0.2) is 15.8 Å². The van der Waals surface area contributed by atoms with Crippen molar-refractivity contribution in [3.05, 3.63) is 11.6 Å². The Morgan fingerprint density at radius 3 is 2.78 bits per heavy atom. The number of nitrogens with zero attached hydrogens (tertiary/aromatic N) is 3. The molecule has 1 unspecified atom stereocenters. The van der Waals surface area contributed by atoms with Gasteiger partial charge in [0.25, 0.3) is 0 Å². The first-order valence-electron chi connectivity index (χ1n) is 5.99. The predicted molar refractivity (Wildman–Crippen MR) is 64.4 cm³/mol. The molecule has 0 radical (unpaired) electrons. The second-order valence-electron chi connectivity index (χ2n) is 5.16. The molecule has 1 aromatic rings. The van der Waals surface area contributed by atoms with E-state index in [1.807, 2.05) is 0 Å². The maximum absolute atomic E-state index is 14.1. The number of hydrogen-bond acceptors (Lipinski definition) is 6. The molecule has 1 atom stereocenters. The number of aliphatic hydroxyl groups is 1. The van der Waals surface area contributed by atoms with Crippen molar-refractivity contribution < 1.29 is 9.50 Å². The van der Waals surface area contributed by atoms with Gasteiger partial charge in [-0.15, -0.1) is 0 Å². The number of nitrogens with two attached hydrogens (primary N) is 1. The molecule has 0 aromatic carbocycles. The van der Waals surface area contributed by atoms with Crippen LogP contribution in [0.1, 0.15) is 18.7 Å². The van der Waals surface area contributed by atoms with Crippen LogP contribution in [-0.4, -0.2) is 34.3 Å². The Bertz CT molecular complexity index is 491. The molecule has 1 saturated heterocycles. The van der Waals surface area contributed by atoms with Gasteiger partial charge in [0.05, 0.1) is 6.10 Å². The quantitative estimate of drug-likeness (QED) is 0.514. The number of halogens is 1. The van der Waals surface area contributed by atoms with Gasteiger partial charge in [0, 0.05) is 18.5 Å². The third kappa shape index (κ3) is 1.62. The van der Waals surface area contributed by atoms with E-state index in [9.17, 15) is 9.50 Å². The molecule has 1 saturated carbocycles. The molecular formula is C11H16FN5O. The lowest BCUT2D eigenvalue weighted by molar-refractivity contribution is 0.136. The number of aromatic nitrogens is 2. The molecule has 1 aliphatic carbocycles. The molecule has 1 aliphatic heterocycles. The van der Waals surface area contributed by atoms with Gasteiger partial charge < -0.3 is 15.4 Å². The highest BCUT2D eigenvalue weighted by Crippen LogP contribution is 2.53. The summed E-state index contributed by atoms with van der Waals surface area (Å²) in [6.45, 7) is 2.74. The fourth-order valence-electron chi connectivity index (χ4n) is 2.61. The van der Waals surface area contributed by atoms with Crippen LogP contribution in [0.4, 0.5) is 16.0 Å². The van der Waals surface area contributed by atoms with Crippen molar-refractivity contribution in [2.24, 2.45) is 11.3 Å². The van der Waals surface area contributed by atoms with Crippen LogP contribution in [0.15, 0.2) is 0 Å². The van der Waals surface area contributed by atoms with Gasteiger partial charge in [-0.05, 0) is 19.8 Å². The monoisotopic (exact) mass is 253 g/mol. The van der Waals surface area contributed by atoms with Crippen LogP contribution in [0.5, 0.6) is 0 Å². The highest BCUT2D eigenvalue weighted by Gasteiger charge is 2.55. The number of anilines is 2. The predicted octanol–water partition coefficient (Wildman–Crippen LogP) is 0.171. The lowest BCUT2D eigenvalue weighted by Crippen LogP contribution is -2.25. The zero-order valence-electron chi connectivity index (χ0n) is 10.1. The minimum absolute atomic E-state index is 0.0104. The molecule has 2 aliphatic rings. The van der Waals surface area contributed by atoms with Crippen molar-refractivity contribution >= 4 is 11.6 Å². The summed E-state index contributed by atoms with van der Waals surface area (Å²) in [4.78, 5) is 9.79. The van der Waals surface area contributed by atoms with E-state index in [2.05, 4.69) is 15.4 Å². The lowest BCUT2D eigenvalue weighted by atomic mass is 10.0. The zero-order chi connectivity index (χ0) is 12.9. The summed E-state index contributed by atoms with van der Waals surface area (Å²) in [7, 11) is 0. The standard InChI is InChI=1S/C11H16FN5O/c1-6-14-9(16-13)8(12)10(15-6)17-4-7(18)11(5-17)2-3-11/h7,18H,2-5,13H2,1H3,(H,14,15,16). The van der Waals surface area contributed by atoms with Crippen LogP contribution in [0.25, 0.3) is 0 Å². The molecule has 98 valence electrons. The molecule has 6 nitrogen and oxygen atoms in total. The van der Waals surface area contributed by atoms with Crippen LogP contribution in [0, 0.1) is 18.2 Å². The third-order valence-corrected chi connectivity index (χ3v) is 3.88. The Hall–Kier alpha value is -1.47. The van der Waals surface area contributed by atoms with Gasteiger partial charge in [-0.2, -0.15) is 4.39 Å². The average Bonchev–Trinajstić information content (AvgIpc) is 3.04. The molecule has 1 aromatic heterocycles. The van der Waals surface area contributed by atoms with E-state index in [-0.39, 0.29) is 17.1 Å². The fraction of sp³-hybridized carbons (Fsp3) is 0.636. The zero-order valence-corrected chi connectivity index (χ0v) is 10.1. The summed E-state index contributed by atoms with van der Waals surface area (Å²) in [5, 5.41) is 9.99. The molecular weight excluding hydrogens is 237 g/mol. The summed E-state index contributed by atoms with van der Waals surface area (Å²) in [5.74, 6) is 5.33. The fourth-order valence-corrected chi connectivity index (χ4v) is 2.61. The van der Waals surface area contributed by atoms with Crippen molar-refractivity contribution in [1.29, 1.82) is 0 Å². The third-order valence-electron chi connectivity index (χ3n) is 3.88. The summed E-state index contributed by atoms with van der Waals surface area (Å²) >= 11 is 0. The molecule has 1 spiro atoms. The van der Waals surface area contributed by atoms with Gasteiger partial charge in [-0.1, -0.05) is 0 Å². The van der Waals surface area contributed by atoms with E-state index in [1.54, 1.807) is 11.8 Å². The number of rotatable bonds is 2. The van der Waals surface area contributed by atoms with Gasteiger partial charge in [0.1, 0.15) is 5.82 Å². The number of hydrogen-bond donors (Lipinski definition) is 3. The molecule has 2 heterocycles.